The van der Waals surface area contributed by atoms with E-state index in [4.69, 9.17) is 11.5 Å². The summed E-state index contributed by atoms with van der Waals surface area (Å²) < 4.78 is 0. The summed E-state index contributed by atoms with van der Waals surface area (Å²) in [5.41, 5.74) is 10.9. The quantitative estimate of drug-likeness (QED) is 0.756. The number of pyridine rings is 1. The van der Waals surface area contributed by atoms with Gasteiger partial charge in [-0.15, -0.1) is 0 Å². The van der Waals surface area contributed by atoms with Gasteiger partial charge in [-0.1, -0.05) is 44.6 Å². The molecule has 1 aliphatic rings. The van der Waals surface area contributed by atoms with Crippen molar-refractivity contribution in [3.05, 3.63) is 47.2 Å². The molecule has 0 aromatic carbocycles. The zero-order valence-corrected chi connectivity index (χ0v) is 15.4. The van der Waals surface area contributed by atoms with E-state index in [2.05, 4.69) is 10.3 Å². The lowest BCUT2D eigenvalue weighted by molar-refractivity contribution is -0.123. The number of allylic oxidation sites excluding steroid dienone is 2. The van der Waals surface area contributed by atoms with Crippen LogP contribution in [0.15, 0.2) is 41.6 Å². The first-order valence-corrected chi connectivity index (χ1v) is 8.24. The van der Waals surface area contributed by atoms with Crippen LogP contribution in [0.25, 0.3) is 0 Å². The Morgan fingerprint density at radius 1 is 1.15 bits per heavy atom. The third-order valence-electron chi connectivity index (χ3n) is 4.58. The van der Waals surface area contributed by atoms with Crippen molar-refractivity contribution in [2.45, 2.75) is 39.5 Å². The molecule has 1 aliphatic carbocycles. The number of aromatic nitrogens is 1. The van der Waals surface area contributed by atoms with Crippen LogP contribution in [-0.4, -0.2) is 22.7 Å². The molecule has 0 saturated carbocycles. The Morgan fingerprint density at radius 2 is 1.81 bits per heavy atom. The summed E-state index contributed by atoms with van der Waals surface area (Å²) in [5, 5.41) is 2.73. The largest absolute Gasteiger partial charge is 0.369 e. The average Bonchev–Trinajstić information content (AvgIpc) is 2.54. The van der Waals surface area contributed by atoms with Crippen LogP contribution < -0.4 is 16.8 Å². The van der Waals surface area contributed by atoms with Gasteiger partial charge in [0.05, 0.1) is 0 Å². The number of hydrogen-bond acceptors (Lipinski definition) is 4. The van der Waals surface area contributed by atoms with E-state index in [1.807, 2.05) is 0 Å². The van der Waals surface area contributed by atoms with E-state index >= 15 is 0 Å². The molecule has 0 bridgehead atoms. The Hall–Kier alpha value is -2.96. The van der Waals surface area contributed by atoms with E-state index in [-0.39, 0.29) is 12.3 Å². The summed E-state index contributed by atoms with van der Waals surface area (Å²) in [6.45, 7) is 7.17. The molecule has 7 heteroatoms. The molecule has 26 heavy (non-hydrogen) atoms. The molecular weight excluding hydrogens is 332 g/mol. The molecule has 1 aromatic heterocycles. The molecule has 2 rings (SSSR count). The normalized spacial score (nSPS) is 20.0. The Labute approximate surface area is 152 Å². The van der Waals surface area contributed by atoms with Gasteiger partial charge in [0.1, 0.15) is 11.2 Å². The zero-order valence-electron chi connectivity index (χ0n) is 15.4. The lowest BCUT2D eigenvalue weighted by atomic mass is 9.68. The Bertz CT molecular complexity index is 816. The number of amides is 3. The molecule has 0 aliphatic heterocycles. The first-order chi connectivity index (χ1) is 12.0. The predicted molar refractivity (Wildman–Crippen MR) is 98.8 cm³/mol. The van der Waals surface area contributed by atoms with E-state index in [0.29, 0.717) is 22.5 Å². The minimum atomic E-state index is -1.20. The highest BCUT2D eigenvalue weighted by Crippen LogP contribution is 2.40. The van der Waals surface area contributed by atoms with E-state index < -0.39 is 22.6 Å². The van der Waals surface area contributed by atoms with Crippen LogP contribution >= 0.6 is 0 Å². The third-order valence-corrected chi connectivity index (χ3v) is 4.58. The van der Waals surface area contributed by atoms with E-state index in [9.17, 15) is 14.4 Å². The van der Waals surface area contributed by atoms with Gasteiger partial charge in [0, 0.05) is 23.6 Å². The van der Waals surface area contributed by atoms with Crippen LogP contribution in [-0.2, 0) is 19.8 Å². The van der Waals surface area contributed by atoms with Gasteiger partial charge in [0.25, 0.3) is 0 Å². The van der Waals surface area contributed by atoms with Crippen LogP contribution in [0.5, 0.6) is 0 Å². The molecule has 138 valence electrons. The van der Waals surface area contributed by atoms with Crippen LogP contribution in [0, 0.1) is 5.41 Å². The number of hydrogen-bond donors (Lipinski definition) is 3. The van der Waals surface area contributed by atoms with Crippen molar-refractivity contribution in [1.29, 1.82) is 0 Å². The minimum Gasteiger partial charge on any atom is -0.369 e. The second kappa shape index (κ2) is 6.74. The maximum atomic E-state index is 12.4. The second-order valence-corrected chi connectivity index (χ2v) is 7.49. The third kappa shape index (κ3) is 3.51. The minimum absolute atomic E-state index is 0.0787. The van der Waals surface area contributed by atoms with Gasteiger partial charge >= 0.3 is 0 Å². The fraction of sp³-hybridized carbons (Fsp3) is 0.368. The number of nitrogens with two attached hydrogens (primary N) is 2. The van der Waals surface area contributed by atoms with Crippen molar-refractivity contribution in [1.82, 2.24) is 4.98 Å². The summed E-state index contributed by atoms with van der Waals surface area (Å²) in [7, 11) is 0. The fourth-order valence-electron chi connectivity index (χ4n) is 2.80. The Morgan fingerprint density at radius 3 is 2.27 bits per heavy atom. The molecule has 1 heterocycles. The fourth-order valence-corrected chi connectivity index (χ4v) is 2.80. The summed E-state index contributed by atoms with van der Waals surface area (Å²) >= 11 is 0. The van der Waals surface area contributed by atoms with Crippen LogP contribution in [0.1, 0.15) is 39.7 Å². The van der Waals surface area contributed by atoms with Crippen molar-refractivity contribution in [3.63, 3.8) is 0 Å². The number of rotatable bonds is 4. The molecule has 3 amide bonds. The molecule has 1 atom stereocenters. The van der Waals surface area contributed by atoms with Gasteiger partial charge in [-0.2, -0.15) is 0 Å². The predicted octanol–water partition coefficient (Wildman–Crippen LogP) is 1.55. The molecule has 1 unspecified atom stereocenters. The first-order valence-electron chi connectivity index (χ1n) is 8.24. The van der Waals surface area contributed by atoms with Gasteiger partial charge in [-0.05, 0) is 18.6 Å². The molecule has 0 radical (unpaired) electrons. The van der Waals surface area contributed by atoms with Gasteiger partial charge < -0.3 is 16.8 Å². The standard InChI is InChI=1S/C19H24N4O3/c1-11-5-6-12(15(20)24)9-19(11,16(21)25)13-7-8-14(22-10-13)23-17(26)18(2,3)4/h5-8,10H,9H2,1-4H3,(H2,20,24)(H2,21,25)(H,22,23,26). The van der Waals surface area contributed by atoms with E-state index in [0.717, 1.165) is 0 Å². The van der Waals surface area contributed by atoms with Gasteiger partial charge in [-0.25, -0.2) is 4.98 Å². The summed E-state index contributed by atoms with van der Waals surface area (Å²) in [5.74, 6) is -0.987. The maximum absolute atomic E-state index is 12.4. The maximum Gasteiger partial charge on any atom is 0.244 e. The highest BCUT2D eigenvalue weighted by Gasteiger charge is 2.43. The SMILES string of the molecule is CC1=CC=C(C(N)=O)CC1(C(N)=O)c1ccc(NC(=O)C(C)(C)C)nc1. The number of carbonyl (C=O) groups is 3. The molecular formula is C19H24N4O3. The van der Waals surface area contributed by atoms with Gasteiger partial charge in [0.2, 0.25) is 17.7 Å². The van der Waals surface area contributed by atoms with Crippen molar-refractivity contribution in [2.24, 2.45) is 16.9 Å². The van der Waals surface area contributed by atoms with Crippen LogP contribution in [0.3, 0.4) is 0 Å². The van der Waals surface area contributed by atoms with Crippen LogP contribution in [0.4, 0.5) is 5.82 Å². The van der Waals surface area contributed by atoms with Crippen LogP contribution in [0.2, 0.25) is 0 Å². The lowest BCUT2D eigenvalue weighted by Crippen LogP contribution is -2.45. The summed E-state index contributed by atoms with van der Waals surface area (Å²) in [6.07, 6.45) is 4.84. The highest BCUT2D eigenvalue weighted by atomic mass is 16.2. The van der Waals surface area contributed by atoms with Crippen molar-refractivity contribution < 1.29 is 14.4 Å². The topological polar surface area (TPSA) is 128 Å². The highest BCUT2D eigenvalue weighted by molar-refractivity contribution is 5.98. The first kappa shape index (κ1) is 19.4. The van der Waals surface area contributed by atoms with E-state index in [1.165, 1.54) is 6.20 Å². The second-order valence-electron chi connectivity index (χ2n) is 7.49. The van der Waals surface area contributed by atoms with E-state index in [1.54, 1.807) is 52.0 Å². The molecule has 5 N–H and O–H groups in total. The number of nitrogens with zero attached hydrogens (tertiary/aromatic N) is 1. The number of nitrogens with one attached hydrogen (secondary N) is 1. The number of anilines is 1. The monoisotopic (exact) mass is 356 g/mol. The van der Waals surface area contributed by atoms with Crippen molar-refractivity contribution in [2.75, 3.05) is 5.32 Å². The van der Waals surface area contributed by atoms with Gasteiger partial charge in [-0.3, -0.25) is 14.4 Å². The summed E-state index contributed by atoms with van der Waals surface area (Å²) in [6, 6.07) is 3.29. The molecule has 0 spiro atoms. The molecule has 7 nitrogen and oxygen atoms in total. The number of carbonyl (C=O) groups excluding carboxylic acids is 3. The molecule has 0 fully saturated rings. The molecule has 0 saturated heterocycles. The average molecular weight is 356 g/mol. The van der Waals surface area contributed by atoms with Gasteiger partial charge in [0.15, 0.2) is 0 Å². The smallest absolute Gasteiger partial charge is 0.244 e. The zero-order chi connectivity index (χ0) is 19.7. The number of primary amides is 2. The summed E-state index contributed by atoms with van der Waals surface area (Å²) in [4.78, 5) is 40.2. The molecule has 1 aromatic rings. The Balaban J connectivity index is 2.40. The van der Waals surface area contributed by atoms with Crippen molar-refractivity contribution in [3.8, 4) is 0 Å². The lowest BCUT2D eigenvalue weighted by Gasteiger charge is -2.34. The Kier molecular flexibility index (Phi) is 5.02. The van der Waals surface area contributed by atoms with Crippen molar-refractivity contribution >= 4 is 23.5 Å².